The molecular formula is C28H31ClN2O4. The lowest BCUT2D eigenvalue weighted by molar-refractivity contribution is -0.123. The number of amides is 1. The van der Waals surface area contributed by atoms with Gasteiger partial charge in [-0.3, -0.25) is 4.79 Å². The SMILES string of the molecule is CCOc1cc(/C=N\NC(=O)COc2cc(C(C)C)ccc2C)ccc1OCc1ccc(Cl)cc1. The smallest absolute Gasteiger partial charge is 0.277 e. The van der Waals surface area contributed by atoms with E-state index in [2.05, 4.69) is 30.4 Å². The van der Waals surface area contributed by atoms with Crippen LogP contribution in [0.15, 0.2) is 65.8 Å². The van der Waals surface area contributed by atoms with Gasteiger partial charge in [-0.1, -0.05) is 49.7 Å². The summed E-state index contributed by atoms with van der Waals surface area (Å²) in [4.78, 5) is 12.2. The van der Waals surface area contributed by atoms with Gasteiger partial charge in [0.25, 0.3) is 5.91 Å². The van der Waals surface area contributed by atoms with Crippen LogP contribution in [0.25, 0.3) is 0 Å². The number of carbonyl (C=O) groups excluding carboxylic acids is 1. The highest BCUT2D eigenvalue weighted by Gasteiger charge is 2.09. The van der Waals surface area contributed by atoms with Gasteiger partial charge in [-0.05, 0) is 78.4 Å². The number of benzene rings is 3. The maximum absolute atomic E-state index is 12.2. The van der Waals surface area contributed by atoms with Crippen molar-refractivity contribution in [1.82, 2.24) is 5.43 Å². The zero-order valence-corrected chi connectivity index (χ0v) is 21.3. The molecule has 0 radical (unpaired) electrons. The zero-order chi connectivity index (χ0) is 25.2. The molecule has 0 saturated heterocycles. The Balaban J connectivity index is 1.56. The Morgan fingerprint density at radius 3 is 2.46 bits per heavy atom. The molecule has 0 aliphatic rings. The summed E-state index contributed by atoms with van der Waals surface area (Å²) in [6.45, 7) is 8.85. The Kier molecular flexibility index (Phi) is 9.56. The van der Waals surface area contributed by atoms with Gasteiger partial charge >= 0.3 is 0 Å². The molecule has 0 saturated carbocycles. The Morgan fingerprint density at radius 2 is 1.74 bits per heavy atom. The Bertz CT molecular complexity index is 1160. The second-order valence-electron chi connectivity index (χ2n) is 8.32. The number of nitrogens with one attached hydrogen (secondary N) is 1. The molecule has 3 rings (SSSR count). The Morgan fingerprint density at radius 1 is 0.971 bits per heavy atom. The standard InChI is InChI=1S/C28H31ClN2O4/c1-5-33-27-14-22(9-13-25(27)34-17-21-7-11-24(29)12-8-21)16-30-31-28(32)18-35-26-15-23(19(2)3)10-6-20(26)4/h6-16,19H,5,17-18H2,1-4H3,(H,31,32)/b30-16-. The minimum absolute atomic E-state index is 0.124. The summed E-state index contributed by atoms with van der Waals surface area (Å²) in [7, 11) is 0. The predicted molar refractivity (Wildman–Crippen MR) is 140 cm³/mol. The van der Waals surface area contributed by atoms with Crippen LogP contribution in [0.5, 0.6) is 17.2 Å². The van der Waals surface area contributed by atoms with Crippen molar-refractivity contribution in [2.75, 3.05) is 13.2 Å². The van der Waals surface area contributed by atoms with Gasteiger partial charge in [0.1, 0.15) is 12.4 Å². The van der Waals surface area contributed by atoms with Crippen molar-refractivity contribution in [3.63, 3.8) is 0 Å². The summed E-state index contributed by atoms with van der Waals surface area (Å²) in [6.07, 6.45) is 1.55. The van der Waals surface area contributed by atoms with Crippen molar-refractivity contribution in [2.45, 2.75) is 40.2 Å². The average molecular weight is 495 g/mol. The van der Waals surface area contributed by atoms with E-state index in [-0.39, 0.29) is 12.5 Å². The molecule has 184 valence electrons. The average Bonchev–Trinajstić information content (AvgIpc) is 2.84. The maximum Gasteiger partial charge on any atom is 0.277 e. The number of hydrogen-bond acceptors (Lipinski definition) is 5. The molecule has 0 spiro atoms. The number of hydrazone groups is 1. The molecule has 3 aromatic carbocycles. The first-order valence-electron chi connectivity index (χ1n) is 11.5. The van der Waals surface area contributed by atoms with Gasteiger partial charge in [0.15, 0.2) is 18.1 Å². The fraction of sp³-hybridized carbons (Fsp3) is 0.286. The predicted octanol–water partition coefficient (Wildman–Crippen LogP) is 6.28. The molecule has 0 aliphatic heterocycles. The van der Waals surface area contributed by atoms with E-state index >= 15 is 0 Å². The molecule has 0 aliphatic carbocycles. The number of ether oxygens (including phenoxy) is 3. The monoisotopic (exact) mass is 494 g/mol. The number of rotatable bonds is 11. The van der Waals surface area contributed by atoms with Gasteiger partial charge in [-0.25, -0.2) is 5.43 Å². The molecule has 0 atom stereocenters. The van der Waals surface area contributed by atoms with Crippen LogP contribution in [0, 0.1) is 6.92 Å². The van der Waals surface area contributed by atoms with Crippen LogP contribution in [0.3, 0.4) is 0 Å². The molecule has 1 N–H and O–H groups in total. The highest BCUT2D eigenvalue weighted by Crippen LogP contribution is 2.29. The third-order valence-electron chi connectivity index (χ3n) is 5.22. The van der Waals surface area contributed by atoms with Gasteiger partial charge in [-0.15, -0.1) is 0 Å². The lowest BCUT2D eigenvalue weighted by Crippen LogP contribution is -2.24. The van der Waals surface area contributed by atoms with Gasteiger partial charge < -0.3 is 14.2 Å². The number of halogens is 1. The van der Waals surface area contributed by atoms with E-state index < -0.39 is 0 Å². The van der Waals surface area contributed by atoms with Crippen LogP contribution in [-0.4, -0.2) is 25.3 Å². The molecular weight excluding hydrogens is 464 g/mol. The number of carbonyl (C=O) groups is 1. The summed E-state index contributed by atoms with van der Waals surface area (Å²) in [6, 6.07) is 19.0. The first-order valence-corrected chi connectivity index (χ1v) is 11.9. The fourth-order valence-electron chi connectivity index (χ4n) is 3.22. The number of aryl methyl sites for hydroxylation is 1. The van der Waals surface area contributed by atoms with Crippen LogP contribution in [0.2, 0.25) is 5.02 Å². The highest BCUT2D eigenvalue weighted by atomic mass is 35.5. The quantitative estimate of drug-likeness (QED) is 0.251. The maximum atomic E-state index is 12.2. The van der Waals surface area contributed by atoms with Crippen LogP contribution in [0.4, 0.5) is 0 Å². The second kappa shape index (κ2) is 12.8. The molecule has 1 amide bonds. The van der Waals surface area contributed by atoms with Crippen molar-refractivity contribution in [3.8, 4) is 17.2 Å². The molecule has 3 aromatic rings. The van der Waals surface area contributed by atoms with Crippen molar-refractivity contribution < 1.29 is 19.0 Å². The molecule has 0 unspecified atom stereocenters. The third-order valence-corrected chi connectivity index (χ3v) is 5.47. The molecule has 0 bridgehead atoms. The molecule has 0 heterocycles. The summed E-state index contributed by atoms with van der Waals surface area (Å²) >= 11 is 5.94. The Hall–Kier alpha value is -3.51. The molecule has 7 heteroatoms. The van der Waals surface area contributed by atoms with Crippen LogP contribution >= 0.6 is 11.6 Å². The van der Waals surface area contributed by atoms with E-state index in [0.29, 0.717) is 41.4 Å². The van der Waals surface area contributed by atoms with E-state index in [9.17, 15) is 4.79 Å². The second-order valence-corrected chi connectivity index (χ2v) is 8.75. The summed E-state index contributed by atoms with van der Waals surface area (Å²) in [5, 5.41) is 4.72. The molecule has 0 fully saturated rings. The summed E-state index contributed by atoms with van der Waals surface area (Å²) in [5.74, 6) is 1.96. The van der Waals surface area contributed by atoms with Gasteiger partial charge in [0.05, 0.1) is 12.8 Å². The lowest BCUT2D eigenvalue weighted by atomic mass is 10.0. The summed E-state index contributed by atoms with van der Waals surface area (Å²) in [5.41, 5.74) is 6.40. The molecule has 0 aromatic heterocycles. The minimum atomic E-state index is -0.344. The molecule has 6 nitrogen and oxygen atoms in total. The topological polar surface area (TPSA) is 69.2 Å². The van der Waals surface area contributed by atoms with Crippen molar-refractivity contribution in [3.05, 3.63) is 87.9 Å². The first kappa shape index (κ1) is 26.1. The van der Waals surface area contributed by atoms with E-state index in [1.54, 1.807) is 6.21 Å². The van der Waals surface area contributed by atoms with Gasteiger partial charge in [0, 0.05) is 5.02 Å². The fourth-order valence-corrected chi connectivity index (χ4v) is 3.35. The first-order chi connectivity index (χ1) is 16.9. The van der Waals surface area contributed by atoms with Crippen molar-refractivity contribution in [2.24, 2.45) is 5.10 Å². The van der Waals surface area contributed by atoms with E-state index in [1.165, 1.54) is 0 Å². The number of hydrogen-bond donors (Lipinski definition) is 1. The van der Waals surface area contributed by atoms with Gasteiger partial charge in [0.2, 0.25) is 0 Å². The van der Waals surface area contributed by atoms with E-state index in [4.69, 9.17) is 25.8 Å². The lowest BCUT2D eigenvalue weighted by Gasteiger charge is -2.13. The van der Waals surface area contributed by atoms with E-state index in [1.807, 2.05) is 68.4 Å². The largest absolute Gasteiger partial charge is 0.490 e. The normalized spacial score (nSPS) is 11.0. The zero-order valence-electron chi connectivity index (χ0n) is 20.5. The van der Waals surface area contributed by atoms with Gasteiger partial charge in [-0.2, -0.15) is 5.10 Å². The van der Waals surface area contributed by atoms with Crippen LogP contribution in [0.1, 0.15) is 48.9 Å². The minimum Gasteiger partial charge on any atom is -0.490 e. The number of nitrogens with zero attached hydrogens (tertiary/aromatic N) is 1. The highest BCUT2D eigenvalue weighted by molar-refractivity contribution is 6.30. The van der Waals surface area contributed by atoms with Crippen LogP contribution < -0.4 is 19.6 Å². The van der Waals surface area contributed by atoms with Crippen molar-refractivity contribution in [1.29, 1.82) is 0 Å². The molecule has 35 heavy (non-hydrogen) atoms. The Labute approximate surface area is 211 Å². The van der Waals surface area contributed by atoms with Crippen molar-refractivity contribution >= 4 is 23.7 Å². The van der Waals surface area contributed by atoms with E-state index in [0.717, 1.165) is 22.3 Å². The third kappa shape index (κ3) is 8.04. The van der Waals surface area contributed by atoms with Crippen LogP contribution in [-0.2, 0) is 11.4 Å². The summed E-state index contributed by atoms with van der Waals surface area (Å²) < 4.78 is 17.3.